The first kappa shape index (κ1) is 20.3. The van der Waals surface area contributed by atoms with Crippen molar-refractivity contribution in [1.29, 1.82) is 0 Å². The van der Waals surface area contributed by atoms with E-state index in [-0.39, 0.29) is 0 Å². The fourth-order valence-electron chi connectivity index (χ4n) is 5.57. The van der Waals surface area contributed by atoms with Gasteiger partial charge < -0.3 is 9.13 Å². The van der Waals surface area contributed by atoms with E-state index in [2.05, 4.69) is 89.5 Å². The third-order valence-electron chi connectivity index (χ3n) is 7.02. The van der Waals surface area contributed by atoms with Gasteiger partial charge in [0.1, 0.15) is 0 Å². The van der Waals surface area contributed by atoms with Gasteiger partial charge in [-0.05, 0) is 23.8 Å². The first-order valence-corrected chi connectivity index (χ1v) is 13.5. The van der Waals surface area contributed by atoms with Crippen LogP contribution in [0, 0.1) is 0 Å². The molecule has 2 heterocycles. The van der Waals surface area contributed by atoms with E-state index in [0.29, 0.717) is 0 Å². The molecule has 1 aliphatic rings. The Morgan fingerprint density at radius 1 is 0.514 bits per heavy atom. The van der Waals surface area contributed by atoms with Gasteiger partial charge in [0.2, 0.25) is 0 Å². The zero-order valence-electron chi connectivity index (χ0n) is 19.0. The second-order valence-electron chi connectivity index (χ2n) is 8.89. The van der Waals surface area contributed by atoms with Gasteiger partial charge in [0.25, 0.3) is 0 Å². The van der Waals surface area contributed by atoms with Crippen molar-refractivity contribution >= 4 is 34.0 Å². The van der Waals surface area contributed by atoms with Crippen LogP contribution in [0.3, 0.4) is 0 Å². The summed E-state index contributed by atoms with van der Waals surface area (Å²) in [4.78, 5) is 0. The lowest BCUT2D eigenvalue weighted by molar-refractivity contribution is 0.592. The zero-order valence-corrected chi connectivity index (χ0v) is 19.9. The van der Waals surface area contributed by atoms with Crippen molar-refractivity contribution in [1.82, 2.24) is 4.57 Å². The summed E-state index contributed by atoms with van der Waals surface area (Å²) in [5.41, 5.74) is 6.52. The minimum atomic E-state index is -3.14. The van der Waals surface area contributed by atoms with Gasteiger partial charge in [-0.2, -0.15) is 0 Å². The molecule has 1 unspecified atom stereocenters. The molecular formula is C32H22NOP. The summed E-state index contributed by atoms with van der Waals surface area (Å²) in [6.07, 6.45) is 0. The van der Waals surface area contributed by atoms with E-state index in [4.69, 9.17) is 0 Å². The molecule has 166 valence electrons. The fourth-order valence-corrected chi connectivity index (χ4v) is 8.61. The van der Waals surface area contributed by atoms with E-state index in [1.54, 1.807) is 0 Å². The van der Waals surface area contributed by atoms with Gasteiger partial charge in [-0.3, -0.25) is 0 Å². The topological polar surface area (TPSA) is 22.0 Å². The number of rotatable bonds is 2. The van der Waals surface area contributed by atoms with Crippen LogP contribution < -0.4 is 15.9 Å². The Labute approximate surface area is 204 Å². The molecule has 2 nitrogen and oxygen atoms in total. The Hall–Kier alpha value is -4.13. The summed E-state index contributed by atoms with van der Waals surface area (Å²) in [6.45, 7) is 0. The summed E-state index contributed by atoms with van der Waals surface area (Å²) >= 11 is 0. The van der Waals surface area contributed by atoms with E-state index in [9.17, 15) is 0 Å². The van der Waals surface area contributed by atoms with Crippen LogP contribution in [0.5, 0.6) is 0 Å². The fraction of sp³-hybridized carbons (Fsp3) is 0. The van der Waals surface area contributed by atoms with Crippen molar-refractivity contribution in [2.24, 2.45) is 0 Å². The molecule has 7 rings (SSSR count). The third-order valence-corrected chi connectivity index (χ3v) is 10.2. The van der Waals surface area contributed by atoms with Crippen molar-refractivity contribution in [3.8, 4) is 28.1 Å². The van der Waals surface area contributed by atoms with Crippen molar-refractivity contribution in [2.75, 3.05) is 0 Å². The monoisotopic (exact) mass is 467 g/mol. The molecule has 3 heteroatoms. The maximum absolute atomic E-state index is 15.4. The Morgan fingerprint density at radius 3 is 1.80 bits per heavy atom. The smallest absolute Gasteiger partial charge is 0.172 e. The van der Waals surface area contributed by atoms with Crippen molar-refractivity contribution in [2.45, 2.75) is 0 Å². The van der Waals surface area contributed by atoms with Crippen LogP contribution in [0.1, 0.15) is 0 Å². The Morgan fingerprint density at radius 2 is 1.06 bits per heavy atom. The average molecular weight is 468 g/mol. The van der Waals surface area contributed by atoms with Crippen molar-refractivity contribution < 1.29 is 4.57 Å². The number of hydrogen-bond donors (Lipinski definition) is 0. The van der Waals surface area contributed by atoms with Gasteiger partial charge in [-0.25, -0.2) is 0 Å². The summed E-state index contributed by atoms with van der Waals surface area (Å²) in [6, 6.07) is 45.5. The standard InChI is InChI=1S/C32H22NOP/c34-35(24-15-5-2-6-16-24)29-21-11-8-18-26(29)31-25-17-7-10-20-28(25)33(23-13-3-1-4-14-23)32(31)27-19-9-12-22-30(27)35/h1-22H. The highest BCUT2D eigenvalue weighted by Crippen LogP contribution is 2.54. The van der Waals surface area contributed by atoms with Gasteiger partial charge in [0.15, 0.2) is 7.14 Å². The third kappa shape index (κ3) is 2.81. The van der Waals surface area contributed by atoms with Gasteiger partial charge in [0, 0.05) is 38.1 Å². The van der Waals surface area contributed by atoms with Gasteiger partial charge in [0.05, 0.1) is 11.2 Å². The van der Waals surface area contributed by atoms with Gasteiger partial charge >= 0.3 is 0 Å². The molecule has 1 aliphatic heterocycles. The maximum atomic E-state index is 15.4. The molecule has 0 radical (unpaired) electrons. The lowest BCUT2D eigenvalue weighted by atomic mass is 9.98. The maximum Gasteiger partial charge on any atom is 0.172 e. The molecular weight excluding hydrogens is 445 g/mol. The molecule has 1 atom stereocenters. The van der Waals surface area contributed by atoms with Crippen LogP contribution in [0.4, 0.5) is 0 Å². The van der Waals surface area contributed by atoms with Crippen LogP contribution in [0.15, 0.2) is 133 Å². The average Bonchev–Trinajstić information content (AvgIpc) is 3.24. The highest BCUT2D eigenvalue weighted by Gasteiger charge is 2.39. The Bertz CT molecular complexity index is 1770. The van der Waals surface area contributed by atoms with Gasteiger partial charge in [-0.15, -0.1) is 0 Å². The molecule has 0 saturated carbocycles. The van der Waals surface area contributed by atoms with E-state index < -0.39 is 7.14 Å². The first-order valence-electron chi connectivity index (χ1n) is 11.8. The van der Waals surface area contributed by atoms with Crippen LogP contribution in [0.2, 0.25) is 0 Å². The normalized spacial score (nSPS) is 16.2. The summed E-state index contributed by atoms with van der Waals surface area (Å²) in [5.74, 6) is 0. The van der Waals surface area contributed by atoms with Crippen LogP contribution in [0.25, 0.3) is 39.0 Å². The number of fused-ring (bicyclic) bond motifs is 7. The molecule has 0 fully saturated rings. The molecule has 5 aromatic carbocycles. The summed E-state index contributed by atoms with van der Waals surface area (Å²) in [5, 5.41) is 3.81. The second kappa shape index (κ2) is 7.70. The van der Waals surface area contributed by atoms with E-state index in [1.807, 2.05) is 48.5 Å². The van der Waals surface area contributed by atoms with Gasteiger partial charge in [-0.1, -0.05) is 115 Å². The summed E-state index contributed by atoms with van der Waals surface area (Å²) in [7, 11) is -3.14. The lowest BCUT2D eigenvalue weighted by Crippen LogP contribution is -2.26. The highest BCUT2D eigenvalue weighted by atomic mass is 31.2. The van der Waals surface area contributed by atoms with E-state index in [0.717, 1.165) is 54.9 Å². The molecule has 35 heavy (non-hydrogen) atoms. The minimum absolute atomic E-state index is 0.862. The molecule has 6 aromatic rings. The number of nitrogens with zero attached hydrogens (tertiary/aromatic N) is 1. The largest absolute Gasteiger partial charge is 0.309 e. The molecule has 1 aromatic heterocycles. The molecule has 0 saturated heterocycles. The number of para-hydroxylation sites is 2. The predicted octanol–water partition coefficient (Wildman–Crippen LogP) is 6.92. The molecule has 0 amide bonds. The second-order valence-corrected chi connectivity index (χ2v) is 11.6. The molecule has 0 spiro atoms. The minimum Gasteiger partial charge on any atom is -0.309 e. The molecule has 0 N–H and O–H groups in total. The Kier molecular flexibility index (Phi) is 4.46. The van der Waals surface area contributed by atoms with Crippen molar-refractivity contribution in [3.05, 3.63) is 133 Å². The molecule has 0 bridgehead atoms. The molecule has 0 aliphatic carbocycles. The summed E-state index contributed by atoms with van der Waals surface area (Å²) < 4.78 is 17.8. The quantitative estimate of drug-likeness (QED) is 0.253. The van der Waals surface area contributed by atoms with Crippen molar-refractivity contribution in [3.63, 3.8) is 0 Å². The lowest BCUT2D eigenvalue weighted by Gasteiger charge is -2.22. The predicted molar refractivity (Wildman–Crippen MR) is 147 cm³/mol. The van der Waals surface area contributed by atoms with E-state index in [1.165, 1.54) is 0 Å². The SMILES string of the molecule is O=P1(c2ccccc2)c2ccccc2-c2c(n(-c3ccccc3)c3ccccc23)-c2ccccc21. The van der Waals surface area contributed by atoms with Crippen LogP contribution >= 0.6 is 7.14 Å². The van der Waals surface area contributed by atoms with E-state index >= 15 is 4.57 Å². The van der Waals surface area contributed by atoms with Crippen LogP contribution in [-0.4, -0.2) is 4.57 Å². The number of benzene rings is 5. The van der Waals surface area contributed by atoms with Crippen LogP contribution in [-0.2, 0) is 4.57 Å². The Balaban J connectivity index is 1.74. The number of aromatic nitrogens is 1. The highest BCUT2D eigenvalue weighted by molar-refractivity contribution is 7.85. The number of hydrogen-bond acceptors (Lipinski definition) is 1. The zero-order chi connectivity index (χ0) is 23.4. The first-order chi connectivity index (χ1) is 17.3.